The second kappa shape index (κ2) is 9.73. The molecule has 35 heavy (non-hydrogen) atoms. The Morgan fingerprint density at radius 3 is 2.63 bits per heavy atom. The van der Waals surface area contributed by atoms with E-state index in [-0.39, 0.29) is 18.1 Å². The minimum absolute atomic E-state index is 0.143. The number of hydrogen-bond acceptors (Lipinski definition) is 4. The second-order valence-electron chi connectivity index (χ2n) is 9.30. The van der Waals surface area contributed by atoms with E-state index in [0.29, 0.717) is 31.6 Å². The maximum absolute atomic E-state index is 12.5. The van der Waals surface area contributed by atoms with Crippen molar-refractivity contribution in [2.45, 2.75) is 43.9 Å². The first kappa shape index (κ1) is 23.4. The predicted octanol–water partition coefficient (Wildman–Crippen LogP) is 5.48. The second-order valence-corrected chi connectivity index (χ2v) is 9.30. The average Bonchev–Trinajstić information content (AvgIpc) is 3.22. The largest absolute Gasteiger partial charge is 0.401 e. The zero-order chi connectivity index (χ0) is 24.4. The van der Waals surface area contributed by atoms with E-state index >= 15 is 0 Å². The van der Waals surface area contributed by atoms with Crippen LogP contribution in [0.25, 0.3) is 10.9 Å². The van der Waals surface area contributed by atoms with Crippen molar-refractivity contribution in [2.75, 3.05) is 30.3 Å². The van der Waals surface area contributed by atoms with Gasteiger partial charge < -0.3 is 16.0 Å². The summed E-state index contributed by atoms with van der Waals surface area (Å²) in [6.07, 6.45) is -1.11. The Kier molecular flexibility index (Phi) is 6.51. The fourth-order valence-electron chi connectivity index (χ4n) is 5.01. The van der Waals surface area contributed by atoms with Crippen LogP contribution >= 0.6 is 0 Å². The van der Waals surface area contributed by atoms with Crippen LogP contribution in [-0.4, -0.2) is 47.8 Å². The molecule has 5 rings (SSSR count). The van der Waals surface area contributed by atoms with Gasteiger partial charge in [0, 0.05) is 30.2 Å². The lowest BCUT2D eigenvalue weighted by molar-refractivity contribution is -0.148. The zero-order valence-electron chi connectivity index (χ0n) is 19.2. The third-order valence-corrected chi connectivity index (χ3v) is 6.73. The van der Waals surface area contributed by atoms with Crippen LogP contribution in [0.15, 0.2) is 54.6 Å². The molecule has 2 aliphatic rings. The first-order valence-corrected chi connectivity index (χ1v) is 11.9. The molecule has 0 spiro atoms. The summed E-state index contributed by atoms with van der Waals surface area (Å²) in [6, 6.07) is 17.7. The summed E-state index contributed by atoms with van der Waals surface area (Å²) < 4.78 is 37.6. The molecule has 184 valence electrons. The van der Waals surface area contributed by atoms with Crippen molar-refractivity contribution in [3.05, 3.63) is 65.7 Å². The van der Waals surface area contributed by atoms with Crippen LogP contribution in [0, 0.1) is 0 Å². The monoisotopic (exact) mass is 483 g/mol. The van der Waals surface area contributed by atoms with Gasteiger partial charge in [-0.1, -0.05) is 24.3 Å². The van der Waals surface area contributed by atoms with Gasteiger partial charge in [-0.25, -0.2) is 9.78 Å². The number of nitrogens with one attached hydrogen (secondary N) is 3. The van der Waals surface area contributed by atoms with Crippen LogP contribution in [0.5, 0.6) is 0 Å². The molecule has 1 atom stereocenters. The number of fused-ring (bicyclic) bond motifs is 2. The van der Waals surface area contributed by atoms with Gasteiger partial charge in [-0.3, -0.25) is 4.90 Å². The number of aromatic nitrogens is 1. The molecule has 1 aliphatic carbocycles. The van der Waals surface area contributed by atoms with Gasteiger partial charge in [0.2, 0.25) is 0 Å². The lowest BCUT2D eigenvalue weighted by atomic mass is 10.1. The van der Waals surface area contributed by atoms with Crippen molar-refractivity contribution in [1.82, 2.24) is 15.2 Å². The maximum Gasteiger partial charge on any atom is 0.401 e. The topological polar surface area (TPSA) is 69.3 Å². The predicted molar refractivity (Wildman–Crippen MR) is 131 cm³/mol. The van der Waals surface area contributed by atoms with E-state index in [1.165, 1.54) is 16.0 Å². The Morgan fingerprint density at radius 2 is 1.83 bits per heavy atom. The molecule has 3 aromatic rings. The van der Waals surface area contributed by atoms with Gasteiger partial charge in [-0.15, -0.1) is 0 Å². The summed E-state index contributed by atoms with van der Waals surface area (Å²) in [7, 11) is 0. The van der Waals surface area contributed by atoms with Crippen LogP contribution < -0.4 is 16.0 Å². The highest BCUT2D eigenvalue weighted by molar-refractivity contribution is 5.93. The molecule has 0 bridgehead atoms. The number of hydrogen-bond donors (Lipinski definition) is 3. The Morgan fingerprint density at radius 1 is 1.03 bits per heavy atom. The number of alkyl halides is 3. The molecular formula is C26H28F3N5O. The summed E-state index contributed by atoms with van der Waals surface area (Å²) in [5.74, 6) is 0.814. The number of rotatable bonds is 5. The van der Waals surface area contributed by atoms with Crippen molar-refractivity contribution in [2.24, 2.45) is 0 Å². The van der Waals surface area contributed by atoms with Crippen LogP contribution in [0.1, 0.15) is 36.4 Å². The van der Waals surface area contributed by atoms with Crippen molar-refractivity contribution < 1.29 is 18.0 Å². The first-order valence-electron chi connectivity index (χ1n) is 11.9. The van der Waals surface area contributed by atoms with Gasteiger partial charge in [0.1, 0.15) is 5.82 Å². The molecule has 2 heterocycles. The normalized spacial score (nSPS) is 18.9. The maximum atomic E-state index is 12.5. The molecule has 2 aromatic carbocycles. The van der Waals surface area contributed by atoms with Crippen molar-refractivity contribution in [1.29, 1.82) is 0 Å². The van der Waals surface area contributed by atoms with Crippen molar-refractivity contribution >= 4 is 28.4 Å². The number of likely N-dealkylation sites (tertiary alicyclic amines) is 1. The summed E-state index contributed by atoms with van der Waals surface area (Å²) in [6.45, 7) is -0.272. The van der Waals surface area contributed by atoms with Gasteiger partial charge in [0.15, 0.2) is 0 Å². The van der Waals surface area contributed by atoms with E-state index in [9.17, 15) is 18.0 Å². The highest BCUT2D eigenvalue weighted by Gasteiger charge is 2.32. The highest BCUT2D eigenvalue weighted by Crippen LogP contribution is 2.33. The lowest BCUT2D eigenvalue weighted by Gasteiger charge is -2.32. The zero-order valence-corrected chi connectivity index (χ0v) is 19.2. The first-order chi connectivity index (χ1) is 16.8. The van der Waals surface area contributed by atoms with Gasteiger partial charge in [-0.05, 0) is 67.1 Å². The van der Waals surface area contributed by atoms with Crippen molar-refractivity contribution in [3.63, 3.8) is 0 Å². The number of urea groups is 1. The van der Waals surface area contributed by atoms with E-state index in [1.807, 2.05) is 24.3 Å². The SMILES string of the molecule is O=C(Nc1ccc2nc(NC3CCc4ccccc43)ccc2c1)NC1CCN(CC(F)(F)F)CC1. The summed E-state index contributed by atoms with van der Waals surface area (Å²) >= 11 is 0. The van der Waals surface area contributed by atoms with Crippen LogP contribution in [-0.2, 0) is 6.42 Å². The van der Waals surface area contributed by atoms with Gasteiger partial charge in [0.05, 0.1) is 18.1 Å². The lowest BCUT2D eigenvalue weighted by Crippen LogP contribution is -2.47. The highest BCUT2D eigenvalue weighted by atomic mass is 19.4. The molecule has 1 aliphatic heterocycles. The Hall–Kier alpha value is -3.33. The molecular weight excluding hydrogens is 455 g/mol. The van der Waals surface area contributed by atoms with E-state index in [2.05, 4.69) is 40.2 Å². The third-order valence-electron chi connectivity index (χ3n) is 6.73. The smallest absolute Gasteiger partial charge is 0.363 e. The van der Waals surface area contributed by atoms with E-state index in [0.717, 1.165) is 29.6 Å². The molecule has 1 fully saturated rings. The number of carbonyl (C=O) groups is 1. The molecule has 3 N–H and O–H groups in total. The summed E-state index contributed by atoms with van der Waals surface area (Å²) in [4.78, 5) is 18.5. The number of carbonyl (C=O) groups excluding carboxylic acids is 1. The summed E-state index contributed by atoms with van der Waals surface area (Å²) in [5, 5.41) is 10.1. The molecule has 9 heteroatoms. The van der Waals surface area contributed by atoms with Gasteiger partial charge in [0.25, 0.3) is 0 Å². The van der Waals surface area contributed by atoms with Crippen molar-refractivity contribution in [3.8, 4) is 0 Å². The number of benzene rings is 2. The molecule has 0 saturated carbocycles. The molecule has 1 aromatic heterocycles. The van der Waals surface area contributed by atoms with Crippen LogP contribution in [0.2, 0.25) is 0 Å². The summed E-state index contributed by atoms with van der Waals surface area (Å²) in [5.41, 5.74) is 4.17. The Bertz CT molecular complexity index is 1210. The molecule has 1 unspecified atom stereocenters. The number of pyridine rings is 1. The fourth-order valence-corrected chi connectivity index (χ4v) is 5.01. The Labute approximate surface area is 201 Å². The van der Waals surface area contributed by atoms with Gasteiger partial charge in [-0.2, -0.15) is 13.2 Å². The number of piperidine rings is 1. The van der Waals surface area contributed by atoms with Gasteiger partial charge >= 0.3 is 12.2 Å². The minimum atomic E-state index is -4.19. The van der Waals surface area contributed by atoms with Crippen LogP contribution in [0.3, 0.4) is 0 Å². The fraction of sp³-hybridized carbons (Fsp3) is 0.385. The molecule has 2 amide bonds. The molecule has 1 saturated heterocycles. The number of halogens is 3. The quantitative estimate of drug-likeness (QED) is 0.449. The third kappa shape index (κ3) is 5.85. The average molecular weight is 484 g/mol. The Balaban J connectivity index is 1.16. The van der Waals surface area contributed by atoms with E-state index in [1.54, 1.807) is 6.07 Å². The van der Waals surface area contributed by atoms with E-state index < -0.39 is 12.7 Å². The number of amides is 2. The van der Waals surface area contributed by atoms with Crippen LogP contribution in [0.4, 0.5) is 29.5 Å². The minimum Gasteiger partial charge on any atom is -0.363 e. The number of nitrogens with zero attached hydrogens (tertiary/aromatic N) is 2. The standard InChI is InChI=1S/C26H28F3N5O/c27-26(28,29)16-34-13-11-19(12-14-34)30-25(35)31-20-7-9-22-18(15-20)6-10-24(32-22)33-23-8-5-17-3-1-2-4-21(17)23/h1-4,6-7,9-10,15,19,23H,5,8,11-14,16H2,(H,32,33)(H2,30,31,35). The number of aryl methyl sites for hydroxylation is 1. The number of anilines is 2. The van der Waals surface area contributed by atoms with E-state index in [4.69, 9.17) is 4.98 Å². The molecule has 6 nitrogen and oxygen atoms in total. The molecule has 0 radical (unpaired) electrons.